The van der Waals surface area contributed by atoms with E-state index in [1.165, 1.54) is 0 Å². The zero-order valence-corrected chi connectivity index (χ0v) is 8.55. The number of hydrogen-bond donors (Lipinski definition) is 2. The number of rotatable bonds is 5. The lowest BCUT2D eigenvalue weighted by Crippen LogP contribution is -2.45. The van der Waals surface area contributed by atoms with Crippen molar-refractivity contribution in [3.05, 3.63) is 0 Å². The topological polar surface area (TPSA) is 41.1 Å². The lowest BCUT2D eigenvalue weighted by Gasteiger charge is -2.19. The van der Waals surface area contributed by atoms with Crippen molar-refractivity contribution in [2.45, 2.75) is 38.8 Å². The third-order valence-corrected chi connectivity index (χ3v) is 1.98. The number of carbonyl (C=O) groups excluding carboxylic acids is 1. The zero-order chi connectivity index (χ0) is 10.3. The van der Waals surface area contributed by atoms with Crippen LogP contribution in [0.5, 0.6) is 0 Å². The summed E-state index contributed by atoms with van der Waals surface area (Å²) in [6.45, 7) is 3.88. The number of amides is 1. The minimum Gasteiger partial charge on any atom is -0.358 e. The first-order chi connectivity index (χ1) is 6.15. The molecule has 0 fully saturated rings. The molecule has 3 nitrogen and oxygen atoms in total. The van der Waals surface area contributed by atoms with E-state index in [0.717, 1.165) is 6.42 Å². The Bertz CT molecular complexity index is 196. The molecule has 0 aliphatic heterocycles. The third-order valence-electron chi connectivity index (χ3n) is 1.98. The van der Waals surface area contributed by atoms with E-state index in [2.05, 4.69) is 16.6 Å². The highest BCUT2D eigenvalue weighted by molar-refractivity contribution is 5.80. The summed E-state index contributed by atoms with van der Waals surface area (Å²) in [5, 5.41) is 5.75. The van der Waals surface area contributed by atoms with Gasteiger partial charge in [0.25, 0.3) is 0 Å². The molecule has 0 rings (SSSR count). The second kappa shape index (κ2) is 6.50. The van der Waals surface area contributed by atoms with Crippen molar-refractivity contribution in [1.29, 1.82) is 0 Å². The fourth-order valence-corrected chi connectivity index (χ4v) is 1.11. The Kier molecular flexibility index (Phi) is 5.99. The van der Waals surface area contributed by atoms with Gasteiger partial charge in [0.15, 0.2) is 0 Å². The van der Waals surface area contributed by atoms with Crippen LogP contribution >= 0.6 is 0 Å². The van der Waals surface area contributed by atoms with Gasteiger partial charge >= 0.3 is 0 Å². The van der Waals surface area contributed by atoms with E-state index in [1.807, 2.05) is 13.8 Å². The molecule has 0 saturated carbocycles. The number of hydrogen-bond acceptors (Lipinski definition) is 2. The first-order valence-corrected chi connectivity index (χ1v) is 4.56. The molecule has 0 spiro atoms. The van der Waals surface area contributed by atoms with Gasteiger partial charge < -0.3 is 10.6 Å². The minimum atomic E-state index is -0.178. The van der Waals surface area contributed by atoms with Crippen LogP contribution in [0.1, 0.15) is 26.7 Å². The Morgan fingerprint density at radius 1 is 1.62 bits per heavy atom. The maximum absolute atomic E-state index is 11.1. The monoisotopic (exact) mass is 182 g/mol. The molecule has 0 aromatic carbocycles. The summed E-state index contributed by atoms with van der Waals surface area (Å²) in [5.41, 5.74) is 0. The van der Waals surface area contributed by atoms with E-state index in [0.29, 0.717) is 6.42 Å². The van der Waals surface area contributed by atoms with Crippen molar-refractivity contribution in [3.8, 4) is 12.3 Å². The summed E-state index contributed by atoms with van der Waals surface area (Å²) in [4.78, 5) is 11.1. The molecule has 0 aliphatic rings. The van der Waals surface area contributed by atoms with Gasteiger partial charge in [0, 0.05) is 19.5 Å². The summed E-state index contributed by atoms with van der Waals surface area (Å²) in [6.07, 6.45) is 6.80. The Labute approximate surface area is 80.3 Å². The fourth-order valence-electron chi connectivity index (χ4n) is 1.11. The summed E-state index contributed by atoms with van der Waals surface area (Å²) in [5.74, 6) is 2.58. The Hall–Kier alpha value is -1.01. The molecule has 0 aromatic heterocycles. The van der Waals surface area contributed by atoms with Gasteiger partial charge in [-0.1, -0.05) is 6.92 Å². The molecule has 2 atom stereocenters. The van der Waals surface area contributed by atoms with Crippen LogP contribution < -0.4 is 10.6 Å². The Morgan fingerprint density at radius 3 is 2.62 bits per heavy atom. The van der Waals surface area contributed by atoms with Crippen LogP contribution in [-0.2, 0) is 4.79 Å². The van der Waals surface area contributed by atoms with E-state index in [-0.39, 0.29) is 18.0 Å². The Balaban J connectivity index is 3.94. The standard InChI is InChI=1S/C10H18N2O/c1-5-7-9(6-2)12-8(3)10(13)11-4/h1,8-9,12H,6-7H2,2-4H3,(H,11,13). The first-order valence-electron chi connectivity index (χ1n) is 4.56. The van der Waals surface area contributed by atoms with Crippen LogP contribution in [0.3, 0.4) is 0 Å². The summed E-state index contributed by atoms with van der Waals surface area (Å²) >= 11 is 0. The molecule has 13 heavy (non-hydrogen) atoms. The van der Waals surface area contributed by atoms with Crippen LogP contribution in [0.4, 0.5) is 0 Å². The van der Waals surface area contributed by atoms with E-state index in [9.17, 15) is 4.79 Å². The average molecular weight is 182 g/mol. The Morgan fingerprint density at radius 2 is 2.23 bits per heavy atom. The molecule has 0 aromatic rings. The summed E-state index contributed by atoms with van der Waals surface area (Å²) in [6, 6.07) is 0.0561. The predicted molar refractivity (Wildman–Crippen MR) is 54.2 cm³/mol. The van der Waals surface area contributed by atoms with E-state index in [4.69, 9.17) is 6.42 Å². The largest absolute Gasteiger partial charge is 0.358 e. The predicted octanol–water partition coefficient (Wildman–Crippen LogP) is 0.512. The molecule has 0 heterocycles. The van der Waals surface area contributed by atoms with Crippen molar-refractivity contribution in [2.24, 2.45) is 0 Å². The van der Waals surface area contributed by atoms with Gasteiger partial charge in [-0.2, -0.15) is 0 Å². The molecule has 0 bridgehead atoms. The number of carbonyl (C=O) groups is 1. The highest BCUT2D eigenvalue weighted by Crippen LogP contribution is 1.97. The first kappa shape index (κ1) is 12.0. The van der Waals surface area contributed by atoms with Gasteiger partial charge in [-0.15, -0.1) is 12.3 Å². The SMILES string of the molecule is C#CCC(CC)NC(C)C(=O)NC. The van der Waals surface area contributed by atoms with Crippen molar-refractivity contribution in [2.75, 3.05) is 7.05 Å². The van der Waals surface area contributed by atoms with Crippen LogP contribution in [0.2, 0.25) is 0 Å². The van der Waals surface area contributed by atoms with E-state index in [1.54, 1.807) is 7.05 Å². The average Bonchev–Trinajstić information content (AvgIpc) is 2.15. The van der Waals surface area contributed by atoms with Gasteiger partial charge in [0.2, 0.25) is 5.91 Å². The molecule has 0 radical (unpaired) electrons. The normalized spacial score (nSPS) is 14.3. The van der Waals surface area contributed by atoms with Crippen molar-refractivity contribution in [1.82, 2.24) is 10.6 Å². The quantitative estimate of drug-likeness (QED) is 0.608. The van der Waals surface area contributed by atoms with Crippen molar-refractivity contribution < 1.29 is 4.79 Å². The molecule has 74 valence electrons. The molecule has 1 amide bonds. The van der Waals surface area contributed by atoms with Crippen LogP contribution in [-0.4, -0.2) is 25.0 Å². The van der Waals surface area contributed by atoms with Crippen LogP contribution in [0.15, 0.2) is 0 Å². The van der Waals surface area contributed by atoms with Crippen molar-refractivity contribution >= 4 is 5.91 Å². The molecular formula is C10H18N2O. The maximum Gasteiger partial charge on any atom is 0.236 e. The maximum atomic E-state index is 11.1. The lowest BCUT2D eigenvalue weighted by molar-refractivity contribution is -0.122. The second-order valence-electron chi connectivity index (χ2n) is 3.02. The fraction of sp³-hybridized carbons (Fsp3) is 0.700. The lowest BCUT2D eigenvalue weighted by atomic mass is 10.1. The molecule has 0 saturated heterocycles. The smallest absolute Gasteiger partial charge is 0.236 e. The van der Waals surface area contributed by atoms with E-state index < -0.39 is 0 Å². The van der Waals surface area contributed by atoms with Crippen molar-refractivity contribution in [3.63, 3.8) is 0 Å². The second-order valence-corrected chi connectivity index (χ2v) is 3.02. The minimum absolute atomic E-state index is 0.00419. The molecule has 3 heteroatoms. The molecule has 2 unspecified atom stereocenters. The number of terminal acetylenes is 1. The van der Waals surface area contributed by atoms with Crippen LogP contribution in [0, 0.1) is 12.3 Å². The zero-order valence-electron chi connectivity index (χ0n) is 8.55. The van der Waals surface area contributed by atoms with Gasteiger partial charge in [-0.25, -0.2) is 0 Å². The highest BCUT2D eigenvalue weighted by Gasteiger charge is 2.14. The third kappa shape index (κ3) is 4.54. The van der Waals surface area contributed by atoms with E-state index >= 15 is 0 Å². The van der Waals surface area contributed by atoms with Gasteiger partial charge in [-0.05, 0) is 13.3 Å². The molecule has 2 N–H and O–H groups in total. The molecule has 0 aliphatic carbocycles. The number of nitrogens with one attached hydrogen (secondary N) is 2. The van der Waals surface area contributed by atoms with Gasteiger partial charge in [-0.3, -0.25) is 4.79 Å². The molecular weight excluding hydrogens is 164 g/mol. The van der Waals surface area contributed by atoms with Crippen LogP contribution in [0.25, 0.3) is 0 Å². The number of likely N-dealkylation sites (N-methyl/N-ethyl adjacent to an activating group) is 1. The summed E-state index contributed by atoms with van der Waals surface area (Å²) in [7, 11) is 1.63. The van der Waals surface area contributed by atoms with Gasteiger partial charge in [0.05, 0.1) is 6.04 Å². The highest BCUT2D eigenvalue weighted by atomic mass is 16.2. The summed E-state index contributed by atoms with van der Waals surface area (Å²) < 4.78 is 0. The van der Waals surface area contributed by atoms with Gasteiger partial charge in [0.1, 0.15) is 0 Å².